The Bertz CT molecular complexity index is 911. The first-order chi connectivity index (χ1) is 15.7. The van der Waals surface area contributed by atoms with Crippen LogP contribution in [0.1, 0.15) is 65.5 Å². The van der Waals surface area contributed by atoms with Crippen molar-refractivity contribution in [3.8, 4) is 0 Å². The molecular weight excluding hydrogens is 416 g/mol. The van der Waals surface area contributed by atoms with E-state index in [1.54, 1.807) is 12.4 Å². The molecule has 1 aromatic heterocycles. The number of nitrogens with zero attached hydrogens (tertiary/aromatic N) is 2. The van der Waals surface area contributed by atoms with Gasteiger partial charge in [-0.3, -0.25) is 4.79 Å². The van der Waals surface area contributed by atoms with E-state index in [2.05, 4.69) is 44.0 Å². The maximum atomic E-state index is 12.6. The predicted molar refractivity (Wildman–Crippen MR) is 129 cm³/mol. The fourth-order valence-corrected chi connectivity index (χ4v) is 5.33. The van der Waals surface area contributed by atoms with E-state index in [4.69, 9.17) is 9.47 Å². The Hall–Kier alpha value is -2.63. The second-order valence-electron chi connectivity index (χ2n) is 9.86. The summed E-state index contributed by atoms with van der Waals surface area (Å²) < 4.78 is 13.4. The molecule has 0 aromatic carbocycles. The van der Waals surface area contributed by atoms with Crippen molar-refractivity contribution in [3.05, 3.63) is 48.1 Å². The lowest BCUT2D eigenvalue weighted by atomic mass is 9.64. The second-order valence-corrected chi connectivity index (χ2v) is 9.86. The lowest BCUT2D eigenvalue weighted by Crippen LogP contribution is -2.37. The number of aromatic nitrogens is 2. The molecule has 33 heavy (non-hydrogen) atoms. The minimum atomic E-state index is -0.344. The molecule has 6 nitrogen and oxygen atoms in total. The van der Waals surface area contributed by atoms with Gasteiger partial charge in [-0.15, -0.1) is 0 Å². The van der Waals surface area contributed by atoms with Crippen molar-refractivity contribution in [2.75, 3.05) is 0 Å². The van der Waals surface area contributed by atoms with E-state index in [1.165, 1.54) is 18.6 Å². The Kier molecular flexibility index (Phi) is 8.70. The molecule has 0 saturated carbocycles. The van der Waals surface area contributed by atoms with Gasteiger partial charge in [0.25, 0.3) is 0 Å². The first kappa shape index (κ1) is 25.0. The standard InChI is InChI=1S/C27H38N2O4/c1-18(2)24-12-10-19(3)25-14-23(33-27(31)13-11-21-16-29(5)17-28-21)9-7-6-8-22(15-26(24)25)32-20(4)30/h6-7,10-11,13,16-18,22-26H,8-9,12,14-15H2,1-5H3/t22-,23+,24+,25-,26+/m0/s1. The Morgan fingerprint density at radius 3 is 2.42 bits per heavy atom. The van der Waals surface area contributed by atoms with Crippen molar-refractivity contribution < 1.29 is 19.1 Å². The van der Waals surface area contributed by atoms with Crippen LogP contribution in [0.2, 0.25) is 0 Å². The number of hydrogen-bond acceptors (Lipinski definition) is 5. The summed E-state index contributed by atoms with van der Waals surface area (Å²) in [6.07, 6.45) is 16.9. The number of ether oxygens (including phenoxy) is 2. The van der Waals surface area contributed by atoms with Crippen molar-refractivity contribution in [1.29, 1.82) is 0 Å². The molecule has 0 fully saturated rings. The van der Waals surface area contributed by atoms with E-state index in [-0.39, 0.29) is 24.1 Å². The van der Waals surface area contributed by atoms with Crippen LogP contribution >= 0.6 is 0 Å². The molecule has 0 bridgehead atoms. The number of fused-ring (bicyclic) bond motifs is 1. The van der Waals surface area contributed by atoms with Crippen molar-refractivity contribution in [1.82, 2.24) is 9.55 Å². The third kappa shape index (κ3) is 7.18. The molecule has 0 N–H and O–H groups in total. The zero-order valence-corrected chi connectivity index (χ0v) is 20.6. The molecule has 0 radical (unpaired) electrons. The third-order valence-electron chi connectivity index (χ3n) is 6.97. The quantitative estimate of drug-likeness (QED) is 0.345. The fraction of sp³-hybridized carbons (Fsp3) is 0.593. The first-order valence-corrected chi connectivity index (χ1v) is 12.1. The van der Waals surface area contributed by atoms with E-state index in [0.717, 1.165) is 25.0 Å². The molecule has 5 atom stereocenters. The molecule has 0 spiro atoms. The molecule has 3 rings (SSSR count). The summed E-state index contributed by atoms with van der Waals surface area (Å²) in [6.45, 7) is 8.22. The van der Waals surface area contributed by atoms with Crippen LogP contribution in [0.15, 0.2) is 42.4 Å². The number of imidazole rings is 1. The molecule has 6 heteroatoms. The summed E-state index contributed by atoms with van der Waals surface area (Å²) in [5.74, 6) is 1.16. The van der Waals surface area contributed by atoms with Gasteiger partial charge in [0.2, 0.25) is 0 Å². The van der Waals surface area contributed by atoms with Crippen molar-refractivity contribution in [3.63, 3.8) is 0 Å². The topological polar surface area (TPSA) is 70.4 Å². The van der Waals surface area contributed by atoms with Gasteiger partial charge < -0.3 is 14.0 Å². The summed E-state index contributed by atoms with van der Waals surface area (Å²) in [7, 11) is 1.89. The summed E-state index contributed by atoms with van der Waals surface area (Å²) in [4.78, 5) is 28.5. The molecule has 1 aromatic rings. The average Bonchev–Trinajstić information content (AvgIpc) is 3.16. The highest BCUT2D eigenvalue weighted by Gasteiger charge is 2.38. The summed E-state index contributed by atoms with van der Waals surface area (Å²) in [5.41, 5.74) is 2.08. The number of carbonyl (C=O) groups is 2. The van der Waals surface area contributed by atoms with Gasteiger partial charge in [0.1, 0.15) is 12.2 Å². The van der Waals surface area contributed by atoms with Crippen LogP contribution < -0.4 is 0 Å². The largest absolute Gasteiger partial charge is 0.462 e. The van der Waals surface area contributed by atoms with Crippen LogP contribution in [0.3, 0.4) is 0 Å². The summed E-state index contributed by atoms with van der Waals surface area (Å²) in [5, 5.41) is 0. The lowest BCUT2D eigenvalue weighted by Gasteiger charge is -2.42. The number of rotatable bonds is 5. The van der Waals surface area contributed by atoms with Gasteiger partial charge in [-0.2, -0.15) is 0 Å². The van der Waals surface area contributed by atoms with E-state index in [9.17, 15) is 9.59 Å². The van der Waals surface area contributed by atoms with Gasteiger partial charge in [0.15, 0.2) is 0 Å². The van der Waals surface area contributed by atoms with Gasteiger partial charge >= 0.3 is 11.9 Å². The molecular formula is C27H38N2O4. The number of esters is 2. The zero-order valence-electron chi connectivity index (χ0n) is 20.6. The zero-order chi connectivity index (χ0) is 24.0. The summed E-state index contributed by atoms with van der Waals surface area (Å²) in [6, 6.07) is 0. The number of hydrogen-bond donors (Lipinski definition) is 0. The van der Waals surface area contributed by atoms with Gasteiger partial charge in [-0.05, 0) is 55.9 Å². The van der Waals surface area contributed by atoms with Gasteiger partial charge in [0, 0.05) is 39.1 Å². The number of allylic oxidation sites excluding steroid dienone is 2. The Morgan fingerprint density at radius 1 is 1.12 bits per heavy atom. The molecule has 2 aliphatic carbocycles. The van der Waals surface area contributed by atoms with Gasteiger partial charge in [-0.25, -0.2) is 9.78 Å². The molecule has 0 saturated heterocycles. The van der Waals surface area contributed by atoms with Crippen LogP contribution in [0.4, 0.5) is 0 Å². The van der Waals surface area contributed by atoms with Crippen LogP contribution in [-0.2, 0) is 26.1 Å². The van der Waals surface area contributed by atoms with E-state index in [1.807, 2.05) is 17.8 Å². The van der Waals surface area contributed by atoms with E-state index in [0.29, 0.717) is 36.5 Å². The highest BCUT2D eigenvalue weighted by Crippen LogP contribution is 2.44. The summed E-state index contributed by atoms with van der Waals surface area (Å²) >= 11 is 0. The second kappa shape index (κ2) is 11.5. The maximum Gasteiger partial charge on any atom is 0.331 e. The number of aryl methyl sites for hydroxylation is 1. The van der Waals surface area contributed by atoms with Crippen molar-refractivity contribution in [2.24, 2.45) is 30.7 Å². The van der Waals surface area contributed by atoms with Crippen LogP contribution in [0.5, 0.6) is 0 Å². The van der Waals surface area contributed by atoms with Crippen molar-refractivity contribution in [2.45, 2.75) is 72.0 Å². The van der Waals surface area contributed by atoms with E-state index < -0.39 is 0 Å². The van der Waals surface area contributed by atoms with Gasteiger partial charge in [0.05, 0.1) is 12.0 Å². The normalized spacial score (nSPS) is 28.3. The van der Waals surface area contributed by atoms with Gasteiger partial charge in [-0.1, -0.05) is 37.6 Å². The molecule has 180 valence electrons. The van der Waals surface area contributed by atoms with Crippen LogP contribution in [0, 0.1) is 23.7 Å². The van der Waals surface area contributed by atoms with E-state index >= 15 is 0 Å². The first-order valence-electron chi connectivity index (χ1n) is 12.1. The predicted octanol–water partition coefficient (Wildman–Crippen LogP) is 5.26. The highest BCUT2D eigenvalue weighted by molar-refractivity contribution is 5.86. The Labute approximate surface area is 197 Å². The third-order valence-corrected chi connectivity index (χ3v) is 6.97. The molecule has 2 aliphatic rings. The average molecular weight is 455 g/mol. The molecule has 1 heterocycles. The minimum Gasteiger partial charge on any atom is -0.462 e. The monoisotopic (exact) mass is 454 g/mol. The molecule has 0 aliphatic heterocycles. The minimum absolute atomic E-state index is 0.112. The maximum absolute atomic E-state index is 12.6. The lowest BCUT2D eigenvalue weighted by molar-refractivity contribution is -0.148. The fourth-order valence-electron chi connectivity index (χ4n) is 5.33. The molecule has 0 unspecified atom stereocenters. The Balaban J connectivity index is 1.79. The Morgan fingerprint density at radius 2 is 1.82 bits per heavy atom. The SMILES string of the molecule is CC(=O)O[C@H]1CC=CC[C@@H](OC(=O)C=Cc2cn(C)cn2)C[C@H]2C(C)=CC[C@H](C(C)C)[C@H]2C1. The highest BCUT2D eigenvalue weighted by atomic mass is 16.5. The molecule has 0 amide bonds. The number of carbonyl (C=O) groups excluding carboxylic acids is 2. The van der Waals surface area contributed by atoms with Crippen molar-refractivity contribution >= 4 is 18.0 Å². The smallest absolute Gasteiger partial charge is 0.331 e. The van der Waals surface area contributed by atoms with Crippen LogP contribution in [-0.4, -0.2) is 33.7 Å². The van der Waals surface area contributed by atoms with Crippen LogP contribution in [0.25, 0.3) is 6.08 Å².